The fourth-order valence-electron chi connectivity index (χ4n) is 2.52. The maximum atomic E-state index is 6.36. The molecule has 0 aliphatic rings. The van der Waals surface area contributed by atoms with Gasteiger partial charge in [0.15, 0.2) is 11.0 Å². The van der Waals surface area contributed by atoms with Crippen molar-refractivity contribution in [2.24, 2.45) is 0 Å². The average Bonchev–Trinajstić information content (AvgIpc) is 3.29. The number of nitrogens with zero attached hydrogens (tertiary/aromatic N) is 6. The third-order valence-corrected chi connectivity index (χ3v) is 6.23. The standard InChI is InChI=1S/C17H12Cl2N6S2/c1-10-12(18)3-2-4-14(10)25-16(11-5-7-20-8-6-11)22-23-17(25)26-9-13-15(19)27-24-21-13/h2-8H,9H2,1H3. The lowest BCUT2D eigenvalue weighted by molar-refractivity contribution is 0.879. The molecule has 1 aromatic carbocycles. The lowest BCUT2D eigenvalue weighted by Gasteiger charge is -2.13. The summed E-state index contributed by atoms with van der Waals surface area (Å²) in [7, 11) is 0. The highest BCUT2D eigenvalue weighted by Gasteiger charge is 2.19. The van der Waals surface area contributed by atoms with E-state index in [0.29, 0.717) is 20.9 Å². The van der Waals surface area contributed by atoms with Crippen molar-refractivity contribution in [3.8, 4) is 17.1 Å². The lowest BCUT2D eigenvalue weighted by atomic mass is 10.2. The Bertz CT molecular complexity index is 1080. The zero-order valence-corrected chi connectivity index (χ0v) is 17.1. The Kier molecular flexibility index (Phi) is 5.40. The van der Waals surface area contributed by atoms with E-state index >= 15 is 0 Å². The molecular formula is C17H12Cl2N6S2. The molecule has 6 nitrogen and oxygen atoms in total. The quantitative estimate of drug-likeness (QED) is 0.407. The van der Waals surface area contributed by atoms with E-state index in [2.05, 4.69) is 24.8 Å². The Hall–Kier alpha value is -2.00. The molecule has 0 atom stereocenters. The van der Waals surface area contributed by atoms with Crippen molar-refractivity contribution in [3.63, 3.8) is 0 Å². The number of halogens is 2. The minimum atomic E-state index is 0.545. The smallest absolute Gasteiger partial charge is 0.196 e. The highest BCUT2D eigenvalue weighted by molar-refractivity contribution is 7.98. The van der Waals surface area contributed by atoms with Gasteiger partial charge in [-0.3, -0.25) is 9.55 Å². The zero-order valence-electron chi connectivity index (χ0n) is 14.0. The number of hydrogen-bond donors (Lipinski definition) is 0. The molecule has 0 spiro atoms. The van der Waals surface area contributed by atoms with Crippen LogP contribution in [-0.4, -0.2) is 29.3 Å². The molecule has 0 radical (unpaired) electrons. The van der Waals surface area contributed by atoms with Gasteiger partial charge in [0.05, 0.1) is 5.69 Å². The summed E-state index contributed by atoms with van der Waals surface area (Å²) in [5.41, 5.74) is 3.51. The number of hydrogen-bond acceptors (Lipinski definition) is 7. The van der Waals surface area contributed by atoms with Crippen LogP contribution in [0, 0.1) is 6.92 Å². The van der Waals surface area contributed by atoms with Crippen LogP contribution < -0.4 is 0 Å². The van der Waals surface area contributed by atoms with Gasteiger partial charge in [-0.05, 0) is 36.8 Å². The number of pyridine rings is 1. The van der Waals surface area contributed by atoms with Crippen LogP contribution >= 0.6 is 46.5 Å². The lowest BCUT2D eigenvalue weighted by Crippen LogP contribution is -2.02. The zero-order chi connectivity index (χ0) is 18.8. The van der Waals surface area contributed by atoms with Crippen molar-refractivity contribution in [1.29, 1.82) is 0 Å². The van der Waals surface area contributed by atoms with Gasteiger partial charge in [0.25, 0.3) is 0 Å². The van der Waals surface area contributed by atoms with Crippen LogP contribution in [0.3, 0.4) is 0 Å². The van der Waals surface area contributed by atoms with Crippen LogP contribution in [0.15, 0.2) is 47.9 Å². The summed E-state index contributed by atoms with van der Waals surface area (Å²) in [6.45, 7) is 1.98. The first-order chi connectivity index (χ1) is 13.1. The summed E-state index contributed by atoms with van der Waals surface area (Å²) in [4.78, 5) is 4.08. The van der Waals surface area contributed by atoms with Gasteiger partial charge in [0.1, 0.15) is 10.0 Å². The number of rotatable bonds is 5. The molecule has 136 valence electrons. The van der Waals surface area contributed by atoms with E-state index in [1.807, 2.05) is 41.8 Å². The molecule has 0 saturated heterocycles. The predicted molar refractivity (Wildman–Crippen MR) is 109 cm³/mol. The van der Waals surface area contributed by atoms with E-state index in [1.165, 1.54) is 23.3 Å². The van der Waals surface area contributed by atoms with E-state index in [1.54, 1.807) is 12.4 Å². The Morgan fingerprint density at radius 3 is 2.63 bits per heavy atom. The molecule has 3 heterocycles. The van der Waals surface area contributed by atoms with Crippen molar-refractivity contribution in [2.45, 2.75) is 17.8 Å². The first-order valence-electron chi connectivity index (χ1n) is 7.86. The van der Waals surface area contributed by atoms with Crippen LogP contribution in [0.1, 0.15) is 11.3 Å². The first-order valence-corrected chi connectivity index (χ1v) is 10.4. The van der Waals surface area contributed by atoms with Gasteiger partial charge in [-0.15, -0.1) is 15.3 Å². The molecule has 0 amide bonds. The van der Waals surface area contributed by atoms with Gasteiger partial charge < -0.3 is 0 Å². The molecule has 0 N–H and O–H groups in total. The topological polar surface area (TPSA) is 69.4 Å². The van der Waals surface area contributed by atoms with Gasteiger partial charge >= 0.3 is 0 Å². The van der Waals surface area contributed by atoms with Gasteiger partial charge in [-0.1, -0.05) is 45.5 Å². The molecule has 0 fully saturated rings. The van der Waals surface area contributed by atoms with Crippen LogP contribution in [0.5, 0.6) is 0 Å². The number of benzene rings is 1. The van der Waals surface area contributed by atoms with E-state index in [9.17, 15) is 0 Å². The summed E-state index contributed by atoms with van der Waals surface area (Å²) in [5, 5.41) is 14.3. The van der Waals surface area contributed by atoms with E-state index in [-0.39, 0.29) is 0 Å². The number of thioether (sulfide) groups is 1. The molecule has 0 saturated carbocycles. The fraction of sp³-hybridized carbons (Fsp3) is 0.118. The third-order valence-electron chi connectivity index (χ3n) is 3.90. The molecule has 3 aromatic heterocycles. The first kappa shape index (κ1) is 18.4. The van der Waals surface area contributed by atoms with E-state index in [0.717, 1.165) is 27.7 Å². The molecule has 4 aromatic rings. The summed E-state index contributed by atoms with van der Waals surface area (Å²) in [5.74, 6) is 1.26. The highest BCUT2D eigenvalue weighted by Crippen LogP contribution is 2.33. The Balaban J connectivity index is 1.81. The molecule has 10 heteroatoms. The van der Waals surface area contributed by atoms with Crippen molar-refractivity contribution in [1.82, 2.24) is 29.3 Å². The van der Waals surface area contributed by atoms with E-state index < -0.39 is 0 Å². The Morgan fingerprint density at radius 2 is 1.89 bits per heavy atom. The molecule has 0 aliphatic heterocycles. The second-order valence-corrected chi connectivity index (χ2v) is 8.25. The molecule has 0 aliphatic carbocycles. The van der Waals surface area contributed by atoms with Crippen molar-refractivity contribution >= 4 is 46.5 Å². The third kappa shape index (κ3) is 3.70. The van der Waals surface area contributed by atoms with E-state index in [4.69, 9.17) is 23.2 Å². The van der Waals surface area contributed by atoms with Crippen molar-refractivity contribution in [3.05, 3.63) is 63.3 Å². The maximum Gasteiger partial charge on any atom is 0.196 e. The molecule has 0 bridgehead atoms. The second kappa shape index (κ2) is 7.93. The molecule has 27 heavy (non-hydrogen) atoms. The summed E-state index contributed by atoms with van der Waals surface area (Å²) < 4.78 is 6.45. The fourth-order valence-corrected chi connectivity index (χ4v) is 4.37. The highest BCUT2D eigenvalue weighted by atomic mass is 35.5. The largest absolute Gasteiger partial charge is 0.270 e. The second-order valence-electron chi connectivity index (χ2n) is 5.54. The van der Waals surface area contributed by atoms with Crippen LogP contribution in [0.4, 0.5) is 0 Å². The van der Waals surface area contributed by atoms with Gasteiger partial charge in [0, 0.05) is 40.3 Å². The predicted octanol–water partition coefficient (Wildman–Crippen LogP) is 5.09. The van der Waals surface area contributed by atoms with Crippen LogP contribution in [0.2, 0.25) is 9.36 Å². The normalized spacial score (nSPS) is 11.1. The summed E-state index contributed by atoms with van der Waals surface area (Å²) in [6.07, 6.45) is 3.46. The van der Waals surface area contributed by atoms with Crippen molar-refractivity contribution < 1.29 is 0 Å². The van der Waals surface area contributed by atoms with Gasteiger partial charge in [0.2, 0.25) is 0 Å². The van der Waals surface area contributed by atoms with Crippen LogP contribution in [-0.2, 0) is 5.75 Å². The molecule has 4 rings (SSSR count). The SMILES string of the molecule is Cc1c(Cl)cccc1-n1c(SCc2nnsc2Cl)nnc1-c1ccncc1. The Labute approximate surface area is 173 Å². The van der Waals surface area contributed by atoms with Gasteiger partial charge in [-0.2, -0.15) is 0 Å². The summed E-state index contributed by atoms with van der Waals surface area (Å²) >= 11 is 15.1. The molecular weight excluding hydrogens is 423 g/mol. The minimum Gasteiger partial charge on any atom is -0.270 e. The monoisotopic (exact) mass is 434 g/mol. The Morgan fingerprint density at radius 1 is 1.07 bits per heavy atom. The number of aromatic nitrogens is 6. The maximum absolute atomic E-state index is 6.36. The van der Waals surface area contributed by atoms with Crippen LogP contribution in [0.25, 0.3) is 17.1 Å². The molecule has 0 unspecified atom stereocenters. The summed E-state index contributed by atoms with van der Waals surface area (Å²) in [6, 6.07) is 9.57. The average molecular weight is 435 g/mol. The van der Waals surface area contributed by atoms with Crippen molar-refractivity contribution in [2.75, 3.05) is 0 Å². The van der Waals surface area contributed by atoms with Gasteiger partial charge in [-0.25, -0.2) is 0 Å². The minimum absolute atomic E-state index is 0.545.